The van der Waals surface area contributed by atoms with Gasteiger partial charge < -0.3 is 174 Å². The van der Waals surface area contributed by atoms with Crippen LogP contribution in [0.5, 0.6) is 0 Å². The summed E-state index contributed by atoms with van der Waals surface area (Å²) in [7, 11) is 0. The average molecular weight is 1510 g/mol. The first-order valence-corrected chi connectivity index (χ1v) is 32.8. The first-order valence-electron chi connectivity index (χ1n) is 32.8. The number of rotatable bonds is 42. The molecule has 8 amide bonds. The van der Waals surface area contributed by atoms with Crippen molar-refractivity contribution in [3.63, 3.8) is 0 Å². The number of amides is 8. The Hall–Kier alpha value is -7.40. The fourth-order valence-corrected chi connectivity index (χ4v) is 11.2. The van der Waals surface area contributed by atoms with E-state index in [1.807, 2.05) is 10.6 Å². The van der Waals surface area contributed by atoms with Crippen molar-refractivity contribution in [2.75, 3.05) is 59.2 Å². The summed E-state index contributed by atoms with van der Waals surface area (Å²) in [6.45, 7) is -2.94. The predicted octanol–water partition coefficient (Wildman–Crippen LogP) is -14.5. The van der Waals surface area contributed by atoms with Crippen molar-refractivity contribution in [3.8, 4) is 0 Å². The van der Waals surface area contributed by atoms with E-state index in [0.717, 1.165) is 13.8 Å². The molecule has 104 heavy (non-hydrogen) atoms. The Labute approximate surface area is 591 Å². The molecule has 0 aromatic carbocycles. The molecule has 4 fully saturated rings. The number of nitrogens with two attached hydrogens (primary N) is 3. The number of carboxylic acid groups (broad SMARTS) is 3. The van der Waals surface area contributed by atoms with Gasteiger partial charge in [-0.05, 0) is 45.4 Å². The predicted molar refractivity (Wildman–Crippen MR) is 339 cm³/mol. The summed E-state index contributed by atoms with van der Waals surface area (Å²) in [5, 5.41) is 176. The van der Waals surface area contributed by atoms with Gasteiger partial charge in [-0.2, -0.15) is 0 Å². The van der Waals surface area contributed by atoms with E-state index in [1.54, 1.807) is 0 Å². The molecule has 46 nitrogen and oxygen atoms in total. The summed E-state index contributed by atoms with van der Waals surface area (Å²) in [5.41, 5.74) is 16.8. The van der Waals surface area contributed by atoms with Gasteiger partial charge in [0, 0.05) is 39.8 Å². The summed E-state index contributed by atoms with van der Waals surface area (Å²) in [6.07, 6.45) is -37.4. The Kier molecular flexibility index (Phi) is 36.5. The van der Waals surface area contributed by atoms with E-state index in [1.165, 1.54) is 6.92 Å². The standard InChI is InChI=1S/C58H98N12O34/c1-22-39(84)42(87)43(88)54(98-22)102-47-38(67-24(3)76)53(100-32(21-74)45(47)101-55-44(89)48(41(86)31(20-73)99-55)104-58(56(95)96)15-29(77)37(66-23(2)75)46(103-58)40(85)30(78)19-72)97-13-7-10-33(79)62-11-5-4-8-25(59)49(90)64-16-34(80)68-26(9-6-12-63-57(60)61)50(91)65-17-35(81)69-27(14-36(82)83)51(92)70-28(18-71)52(93)94/h22,25-32,37-48,53-55,71-74,77-78,84-89H,4-21,59H2,1-3H3,(H,62,79)(H,64,90)(H,65,91)(H,66,75)(H,67,76)(H,68,80)(H,69,81)(H,70,92)(H,82,83)(H,93,94)(H,95,96)(H4,60,61,63)/t22-,25-,26-,27-,28-,29+,30+,31-,32?,37+,38-,39+,40+,41-,42-,43-,44?,45+,46?,47+,48-,53?,54-,55-,58-/m0/s1. The number of hydrogen-bond donors (Lipinski definition) is 26. The van der Waals surface area contributed by atoms with Gasteiger partial charge in [-0.3, -0.25) is 48.1 Å². The Morgan fingerprint density at radius 1 is 0.606 bits per heavy atom. The number of ether oxygens (including phenoxy) is 8. The second kappa shape index (κ2) is 42.7. The topological polar surface area (TPSA) is 752 Å². The van der Waals surface area contributed by atoms with Crippen molar-refractivity contribution in [1.82, 2.24) is 42.5 Å². The molecular formula is C58H98N12O34. The smallest absolute Gasteiger partial charge is 0.364 e. The number of carboxylic acids is 3. The summed E-state index contributed by atoms with van der Waals surface area (Å²) >= 11 is 0. The third-order valence-electron chi connectivity index (χ3n) is 16.6. The van der Waals surface area contributed by atoms with Gasteiger partial charge in [0.25, 0.3) is 5.79 Å². The third kappa shape index (κ3) is 26.3. The van der Waals surface area contributed by atoms with Crippen LogP contribution in [0.25, 0.3) is 0 Å². The van der Waals surface area contributed by atoms with E-state index in [-0.39, 0.29) is 70.6 Å². The van der Waals surface area contributed by atoms with Crippen molar-refractivity contribution < 1.29 is 167 Å². The van der Waals surface area contributed by atoms with E-state index in [4.69, 9.17) is 60.2 Å². The van der Waals surface area contributed by atoms with Crippen molar-refractivity contribution in [3.05, 3.63) is 0 Å². The molecule has 0 saturated carbocycles. The van der Waals surface area contributed by atoms with E-state index in [2.05, 4.69) is 36.9 Å². The third-order valence-corrected chi connectivity index (χ3v) is 16.6. The van der Waals surface area contributed by atoms with E-state index < -0.39 is 270 Å². The van der Waals surface area contributed by atoms with E-state index in [9.17, 15) is 124 Å². The molecule has 594 valence electrons. The quantitative estimate of drug-likeness (QED) is 0.0153. The second-order valence-corrected chi connectivity index (χ2v) is 24.7. The van der Waals surface area contributed by atoms with Crippen LogP contribution in [0.1, 0.15) is 78.6 Å². The lowest BCUT2D eigenvalue weighted by Crippen LogP contribution is -2.71. The summed E-state index contributed by atoms with van der Waals surface area (Å²) in [4.78, 5) is 142. The lowest BCUT2D eigenvalue weighted by molar-refractivity contribution is -0.391. The molecule has 4 aliphatic rings. The highest BCUT2D eigenvalue weighted by molar-refractivity contribution is 5.95. The van der Waals surface area contributed by atoms with Gasteiger partial charge in [0.1, 0.15) is 104 Å². The average Bonchev–Trinajstić information content (AvgIpc) is 0.754. The van der Waals surface area contributed by atoms with Crippen molar-refractivity contribution in [2.24, 2.45) is 22.2 Å². The number of carbonyl (C=O) groups excluding carboxylic acids is 8. The lowest BCUT2D eigenvalue weighted by atomic mass is 9.88. The second-order valence-electron chi connectivity index (χ2n) is 24.7. The van der Waals surface area contributed by atoms with E-state index >= 15 is 0 Å². The lowest BCUT2D eigenvalue weighted by Gasteiger charge is -2.51. The van der Waals surface area contributed by atoms with Gasteiger partial charge in [0.2, 0.25) is 47.3 Å². The molecule has 0 aromatic heterocycles. The van der Waals surface area contributed by atoms with Crippen molar-refractivity contribution in [1.29, 1.82) is 0 Å². The Bertz CT molecular complexity index is 2890. The van der Waals surface area contributed by atoms with Crippen LogP contribution in [-0.2, 0) is 90.6 Å². The fourth-order valence-electron chi connectivity index (χ4n) is 11.2. The van der Waals surface area contributed by atoms with Gasteiger partial charge >= 0.3 is 17.9 Å². The molecule has 4 aliphatic heterocycles. The highest BCUT2D eigenvalue weighted by atomic mass is 16.8. The molecule has 4 rings (SSSR count). The van der Waals surface area contributed by atoms with Gasteiger partial charge in [0.15, 0.2) is 24.8 Å². The molecule has 4 unspecified atom stereocenters. The van der Waals surface area contributed by atoms with Crippen LogP contribution in [0, 0.1) is 0 Å². The van der Waals surface area contributed by atoms with Crippen LogP contribution in [-0.4, -0.2) is 359 Å². The number of aliphatic imine (C=N–C) groups is 1. The monoisotopic (exact) mass is 1510 g/mol. The maximum absolute atomic E-state index is 13.2. The number of guanidine groups is 1. The number of hydrogen-bond acceptors (Lipinski definition) is 33. The molecule has 4 saturated heterocycles. The Morgan fingerprint density at radius 3 is 1.78 bits per heavy atom. The first-order chi connectivity index (χ1) is 48.9. The van der Waals surface area contributed by atoms with Gasteiger partial charge in [0.05, 0.1) is 76.8 Å². The molecule has 25 atom stereocenters. The van der Waals surface area contributed by atoms with Crippen molar-refractivity contribution >= 4 is 71.1 Å². The molecule has 0 aromatic rings. The molecule has 0 radical (unpaired) electrons. The minimum Gasteiger partial charge on any atom is -0.481 e. The molecule has 0 spiro atoms. The molecular weight excluding hydrogens is 1410 g/mol. The maximum Gasteiger partial charge on any atom is 0.364 e. The van der Waals surface area contributed by atoms with E-state index in [0.29, 0.717) is 0 Å². The largest absolute Gasteiger partial charge is 0.481 e. The van der Waals surface area contributed by atoms with Gasteiger partial charge in [-0.15, -0.1) is 0 Å². The van der Waals surface area contributed by atoms with Crippen LogP contribution in [0.4, 0.5) is 0 Å². The summed E-state index contributed by atoms with van der Waals surface area (Å²) in [6, 6.07) is -9.57. The molecule has 4 heterocycles. The van der Waals surface area contributed by atoms with Gasteiger partial charge in [-0.1, -0.05) is 0 Å². The number of nitrogens with zero attached hydrogens (tertiary/aromatic N) is 1. The highest BCUT2D eigenvalue weighted by Crippen LogP contribution is 2.39. The minimum absolute atomic E-state index is 0.0122. The zero-order valence-corrected chi connectivity index (χ0v) is 56.7. The fraction of sp³-hybridized carbons (Fsp3) is 0.793. The zero-order valence-electron chi connectivity index (χ0n) is 56.7. The number of unbranched alkanes of at least 4 members (excludes halogenated alkanes) is 1. The summed E-state index contributed by atoms with van der Waals surface area (Å²) < 4.78 is 47.4. The normalized spacial score (nSPS) is 30.8. The van der Waals surface area contributed by atoms with Gasteiger partial charge in [-0.25, -0.2) is 9.59 Å². The van der Waals surface area contributed by atoms with Crippen LogP contribution in [0.3, 0.4) is 0 Å². The number of nitrogens with one attached hydrogen (secondary N) is 8. The maximum atomic E-state index is 13.2. The Morgan fingerprint density at radius 2 is 1.20 bits per heavy atom. The van der Waals surface area contributed by atoms with Crippen LogP contribution < -0.4 is 59.7 Å². The number of aliphatic hydroxyl groups excluding tert-OH is 12. The highest BCUT2D eigenvalue weighted by Gasteiger charge is 2.61. The first kappa shape index (κ1) is 89.0. The molecule has 46 heteroatoms. The van der Waals surface area contributed by atoms with Crippen LogP contribution in [0.15, 0.2) is 4.99 Å². The molecule has 29 N–H and O–H groups in total. The van der Waals surface area contributed by atoms with Crippen LogP contribution >= 0.6 is 0 Å². The Balaban J connectivity index is 1.39. The van der Waals surface area contributed by atoms with Crippen LogP contribution in [0.2, 0.25) is 0 Å². The zero-order chi connectivity index (χ0) is 78.0. The minimum atomic E-state index is -3.21. The number of aliphatic carboxylic acids is 3. The SMILES string of the molecule is CC(=O)N[C@@H]1C(OCCCC(=O)NCCCC[C@H](N)C(=O)NCC(=O)N[C@@H](CCCN=C(N)N)C(=O)NCC(=O)N[C@@H](CC(=O)O)C(=O)N[C@@H](CO)C(=O)O)OC(CO)[C@@H](O[C@@H]2O[C@@H](CO)[C@H](O)[C@H](O[C@]3(C(=O)O)C[C@@H](O)[C@@H](NC(C)=O)C([C@H](O)[C@H](O)CO)O3)C2O)[C@@H]1O[C@@H]1O[C@@H](C)[C@@H](O)[C@H](O)[C@@H]1O. The summed E-state index contributed by atoms with van der Waals surface area (Å²) in [5.74, 6) is -16.0. The van der Waals surface area contributed by atoms with Crippen molar-refractivity contribution in [2.45, 2.75) is 231 Å². The number of carbonyl (C=O) groups is 11. The molecule has 0 aliphatic carbocycles. The number of aliphatic hydroxyl groups is 12. The molecule has 0 bridgehead atoms.